The molecule has 3 aromatic rings. The maximum absolute atomic E-state index is 13.6. The van der Waals surface area contributed by atoms with E-state index in [0.717, 1.165) is 42.2 Å². The van der Waals surface area contributed by atoms with E-state index in [1.54, 1.807) is 35.8 Å². The Labute approximate surface area is 307 Å². The number of hydrogen-bond acceptors (Lipinski definition) is 10. The molecule has 2 aromatic heterocycles. The number of nitrogens with two attached hydrogens (primary N) is 1. The molecule has 4 amide bonds. The standard InChI is InChI=1S/C38H48N6O9/c1-5-8-9-10-15-40-36(49)42-29(19-32(39)46)31(45)12-11-16-43(4)37(50)53-22-13-14-28-24(17-22)23(6-2)25-20-44-30(33(25)41-28)18-27-26(34(44)47)21-52-35(48)38(27,51)7-3/h13-14,17-18,29,51H,5-12,15-16,19-21H2,1-4H3,(H2,39,46)(H2,40,42,49)/t29-,38+/m1/s1. The average Bonchev–Trinajstić information content (AvgIpc) is 3.50. The van der Waals surface area contributed by atoms with Crippen molar-refractivity contribution >= 4 is 40.7 Å². The number of esters is 1. The van der Waals surface area contributed by atoms with Crippen molar-refractivity contribution in [3.05, 3.63) is 56.9 Å². The Balaban J connectivity index is 1.24. The summed E-state index contributed by atoms with van der Waals surface area (Å²) in [7, 11) is 1.54. The number of fused-ring (bicyclic) bond motifs is 5. The molecule has 0 bridgehead atoms. The number of benzene rings is 1. The molecule has 0 aliphatic carbocycles. The number of unbranched alkanes of at least 4 members (excludes halogenated alkanes) is 3. The van der Waals surface area contributed by atoms with Crippen molar-refractivity contribution < 1.29 is 38.6 Å². The van der Waals surface area contributed by atoms with Crippen LogP contribution in [0.4, 0.5) is 9.59 Å². The first kappa shape index (κ1) is 38.9. The fourth-order valence-corrected chi connectivity index (χ4v) is 6.95. The minimum Gasteiger partial charge on any atom is -0.458 e. The Morgan fingerprint density at radius 1 is 1.09 bits per heavy atom. The molecular formula is C38H48N6O9. The molecule has 0 saturated carbocycles. The number of pyridine rings is 2. The zero-order valence-electron chi connectivity index (χ0n) is 30.7. The third-order valence-electron chi connectivity index (χ3n) is 9.98. The molecule has 15 nitrogen and oxygen atoms in total. The van der Waals surface area contributed by atoms with Gasteiger partial charge in [-0.25, -0.2) is 19.4 Å². The summed E-state index contributed by atoms with van der Waals surface area (Å²) in [5, 5.41) is 17.2. The Morgan fingerprint density at radius 3 is 2.57 bits per heavy atom. The highest BCUT2D eigenvalue weighted by Gasteiger charge is 2.45. The van der Waals surface area contributed by atoms with Crippen molar-refractivity contribution in [2.24, 2.45) is 5.73 Å². The highest BCUT2D eigenvalue weighted by Crippen LogP contribution is 2.40. The average molecular weight is 733 g/mol. The first-order chi connectivity index (χ1) is 25.3. The number of carbonyl (C=O) groups excluding carboxylic acids is 5. The van der Waals surface area contributed by atoms with Crippen LogP contribution in [-0.2, 0) is 44.3 Å². The van der Waals surface area contributed by atoms with E-state index in [4.69, 9.17) is 20.2 Å². The van der Waals surface area contributed by atoms with Crippen molar-refractivity contribution in [2.75, 3.05) is 20.1 Å². The van der Waals surface area contributed by atoms with E-state index in [9.17, 15) is 33.9 Å². The van der Waals surface area contributed by atoms with Crippen LogP contribution in [-0.4, -0.2) is 75.5 Å². The number of Topliss-reactive ketones (excluding diaryl/α,β-unsaturated/α-hetero) is 1. The van der Waals surface area contributed by atoms with Gasteiger partial charge in [0, 0.05) is 43.1 Å². The zero-order chi connectivity index (χ0) is 38.4. The van der Waals surface area contributed by atoms with E-state index in [2.05, 4.69) is 17.6 Å². The van der Waals surface area contributed by atoms with Gasteiger partial charge in [0.25, 0.3) is 5.56 Å². The van der Waals surface area contributed by atoms with Crippen LogP contribution in [0, 0.1) is 0 Å². The second kappa shape index (κ2) is 16.6. The summed E-state index contributed by atoms with van der Waals surface area (Å²) in [4.78, 5) is 82.2. The van der Waals surface area contributed by atoms with Gasteiger partial charge in [0.15, 0.2) is 11.4 Å². The Bertz CT molecular complexity index is 1990. The molecule has 2 atom stereocenters. The number of amides is 4. The number of primary amides is 1. The number of hydrogen-bond donors (Lipinski definition) is 4. The van der Waals surface area contributed by atoms with Crippen LogP contribution >= 0.6 is 0 Å². The van der Waals surface area contributed by atoms with Gasteiger partial charge in [-0.2, -0.15) is 0 Å². The number of aromatic nitrogens is 2. The molecule has 15 heteroatoms. The predicted molar refractivity (Wildman–Crippen MR) is 195 cm³/mol. The summed E-state index contributed by atoms with van der Waals surface area (Å²) in [5.74, 6) is -1.60. The van der Waals surface area contributed by atoms with E-state index in [-0.39, 0.29) is 73.6 Å². The molecule has 2 aliphatic heterocycles. The molecule has 0 unspecified atom stereocenters. The molecule has 2 aliphatic rings. The molecule has 53 heavy (non-hydrogen) atoms. The smallest absolute Gasteiger partial charge is 0.414 e. The lowest BCUT2D eigenvalue weighted by Gasteiger charge is -2.31. The topological polar surface area (TPSA) is 212 Å². The van der Waals surface area contributed by atoms with Crippen LogP contribution in [0.25, 0.3) is 22.3 Å². The van der Waals surface area contributed by atoms with Gasteiger partial charge in [0.05, 0.1) is 41.5 Å². The number of urea groups is 1. The van der Waals surface area contributed by atoms with Gasteiger partial charge < -0.3 is 40.4 Å². The highest BCUT2D eigenvalue weighted by molar-refractivity contribution is 5.93. The summed E-state index contributed by atoms with van der Waals surface area (Å²) >= 11 is 0. The number of nitrogens with one attached hydrogen (secondary N) is 2. The third-order valence-corrected chi connectivity index (χ3v) is 9.98. The number of nitrogens with zero attached hydrogens (tertiary/aromatic N) is 3. The number of carbonyl (C=O) groups is 5. The maximum Gasteiger partial charge on any atom is 0.414 e. The van der Waals surface area contributed by atoms with Gasteiger partial charge in [-0.1, -0.05) is 40.0 Å². The van der Waals surface area contributed by atoms with E-state index in [0.29, 0.717) is 29.9 Å². The van der Waals surface area contributed by atoms with Crippen molar-refractivity contribution in [1.82, 2.24) is 25.1 Å². The first-order valence-corrected chi connectivity index (χ1v) is 18.2. The lowest BCUT2D eigenvalue weighted by Crippen LogP contribution is -2.48. The maximum atomic E-state index is 13.6. The van der Waals surface area contributed by atoms with Gasteiger partial charge in [-0.15, -0.1) is 0 Å². The van der Waals surface area contributed by atoms with Crippen LogP contribution in [0.5, 0.6) is 5.75 Å². The van der Waals surface area contributed by atoms with Gasteiger partial charge in [0.2, 0.25) is 5.91 Å². The van der Waals surface area contributed by atoms with Crippen molar-refractivity contribution in [3.63, 3.8) is 0 Å². The highest BCUT2D eigenvalue weighted by atomic mass is 16.6. The van der Waals surface area contributed by atoms with Gasteiger partial charge >= 0.3 is 18.1 Å². The lowest BCUT2D eigenvalue weighted by molar-refractivity contribution is -0.172. The van der Waals surface area contributed by atoms with E-state index in [1.807, 2.05) is 6.92 Å². The number of aliphatic hydroxyl groups is 1. The second-order valence-corrected chi connectivity index (χ2v) is 13.6. The minimum atomic E-state index is -1.92. The zero-order valence-corrected chi connectivity index (χ0v) is 30.7. The Hall–Kier alpha value is -5.31. The molecular weight excluding hydrogens is 684 g/mol. The number of ketones is 1. The van der Waals surface area contributed by atoms with Crippen LogP contribution < -0.4 is 26.7 Å². The van der Waals surface area contributed by atoms with Crippen molar-refractivity contribution in [3.8, 4) is 17.1 Å². The predicted octanol–water partition coefficient (Wildman–Crippen LogP) is 3.55. The van der Waals surface area contributed by atoms with Crippen LogP contribution in [0.3, 0.4) is 0 Å². The molecule has 0 spiro atoms. The molecule has 5 rings (SSSR count). The molecule has 0 saturated heterocycles. The van der Waals surface area contributed by atoms with E-state index in [1.165, 1.54) is 11.9 Å². The fraction of sp³-hybridized carbons (Fsp3) is 0.500. The Morgan fingerprint density at radius 2 is 1.87 bits per heavy atom. The van der Waals surface area contributed by atoms with Crippen LogP contribution in [0.2, 0.25) is 0 Å². The molecule has 1 aromatic carbocycles. The molecule has 0 fully saturated rings. The molecule has 5 N–H and O–H groups in total. The Kier molecular flexibility index (Phi) is 12.2. The largest absolute Gasteiger partial charge is 0.458 e. The summed E-state index contributed by atoms with van der Waals surface area (Å²) in [6.07, 6.45) is 3.81. The summed E-state index contributed by atoms with van der Waals surface area (Å²) in [6, 6.07) is 5.12. The third kappa shape index (κ3) is 8.19. The lowest BCUT2D eigenvalue weighted by atomic mass is 9.86. The first-order valence-electron chi connectivity index (χ1n) is 18.2. The number of cyclic esters (lactones) is 1. The molecule has 0 radical (unpaired) electrons. The summed E-state index contributed by atoms with van der Waals surface area (Å²) in [5.41, 5.74) is 6.99. The molecule has 4 heterocycles. The normalized spacial score (nSPS) is 16.2. The van der Waals surface area contributed by atoms with Gasteiger partial charge in [-0.05, 0) is 55.5 Å². The SMILES string of the molecule is CCCCCCNC(=O)N[C@H](CC(N)=O)C(=O)CCCN(C)C(=O)Oc1ccc2nc3c(c(CC)c2c1)Cn1c-3cc2c(c1=O)COC(=O)[C@]2(O)CC. The summed E-state index contributed by atoms with van der Waals surface area (Å²) < 4.78 is 12.4. The minimum absolute atomic E-state index is 0.00547. The number of aryl methyl sites for hydroxylation is 1. The van der Waals surface area contributed by atoms with Gasteiger partial charge in [0.1, 0.15) is 12.4 Å². The van der Waals surface area contributed by atoms with Crippen molar-refractivity contribution in [1.29, 1.82) is 0 Å². The van der Waals surface area contributed by atoms with E-state index >= 15 is 0 Å². The number of rotatable bonds is 16. The second-order valence-electron chi connectivity index (χ2n) is 13.6. The fourth-order valence-electron chi connectivity index (χ4n) is 6.95. The van der Waals surface area contributed by atoms with Crippen LogP contribution in [0.1, 0.15) is 94.4 Å². The van der Waals surface area contributed by atoms with Crippen molar-refractivity contribution in [2.45, 2.75) is 103 Å². The summed E-state index contributed by atoms with van der Waals surface area (Å²) in [6.45, 7) is 6.37. The van der Waals surface area contributed by atoms with Gasteiger partial charge in [-0.3, -0.25) is 14.4 Å². The molecule has 284 valence electrons. The van der Waals surface area contributed by atoms with Crippen LogP contribution in [0.15, 0.2) is 29.1 Å². The monoisotopic (exact) mass is 732 g/mol. The quantitative estimate of drug-likeness (QED) is 0.0972. The number of ether oxygens (including phenoxy) is 2. The van der Waals surface area contributed by atoms with E-state index < -0.39 is 35.6 Å².